The second-order valence-corrected chi connectivity index (χ2v) is 5.97. The summed E-state index contributed by atoms with van der Waals surface area (Å²) in [4.78, 5) is 0. The van der Waals surface area contributed by atoms with E-state index in [2.05, 4.69) is 10.0 Å². The minimum absolute atomic E-state index is 0.0735. The van der Waals surface area contributed by atoms with Crippen LogP contribution in [0.25, 0.3) is 0 Å². The highest BCUT2D eigenvalue weighted by atomic mass is 32.2. The zero-order valence-electron chi connectivity index (χ0n) is 8.91. The molecule has 0 saturated carbocycles. The normalized spacial score (nSPS) is 29.5. The first-order chi connectivity index (χ1) is 7.18. The molecule has 15 heavy (non-hydrogen) atoms. The Bertz CT molecular complexity index is 292. The molecule has 2 fully saturated rings. The van der Waals surface area contributed by atoms with Crippen LogP contribution in [0.2, 0.25) is 0 Å². The lowest BCUT2D eigenvalue weighted by molar-refractivity contribution is 0.404. The van der Waals surface area contributed by atoms with E-state index in [9.17, 15) is 8.42 Å². The third-order valence-electron chi connectivity index (χ3n) is 3.02. The molecule has 5 nitrogen and oxygen atoms in total. The third kappa shape index (κ3) is 2.90. The fraction of sp³-hybridized carbons (Fsp3) is 1.00. The Balaban J connectivity index is 1.90. The van der Waals surface area contributed by atoms with Gasteiger partial charge in [-0.3, -0.25) is 0 Å². The number of hydrogen-bond donors (Lipinski definition) is 2. The molecular weight excluding hydrogens is 214 g/mol. The van der Waals surface area contributed by atoms with Gasteiger partial charge in [0.15, 0.2) is 0 Å². The van der Waals surface area contributed by atoms with Gasteiger partial charge in [0, 0.05) is 25.7 Å². The van der Waals surface area contributed by atoms with Crippen molar-refractivity contribution in [2.24, 2.45) is 0 Å². The summed E-state index contributed by atoms with van der Waals surface area (Å²) >= 11 is 0. The lowest BCUT2D eigenvalue weighted by Crippen LogP contribution is -2.50. The molecule has 2 rings (SSSR count). The van der Waals surface area contributed by atoms with Gasteiger partial charge in [-0.1, -0.05) is 0 Å². The summed E-state index contributed by atoms with van der Waals surface area (Å²) in [6.07, 6.45) is 3.97. The summed E-state index contributed by atoms with van der Waals surface area (Å²) in [5.74, 6) is 0. The van der Waals surface area contributed by atoms with E-state index in [4.69, 9.17) is 0 Å². The number of hydrogen-bond acceptors (Lipinski definition) is 3. The molecule has 0 aromatic rings. The first kappa shape index (κ1) is 11.3. The van der Waals surface area contributed by atoms with E-state index < -0.39 is 10.2 Å². The summed E-state index contributed by atoms with van der Waals surface area (Å²) in [6, 6.07) is 0.0735. The summed E-state index contributed by atoms with van der Waals surface area (Å²) < 4.78 is 28.1. The molecule has 6 heteroatoms. The number of nitrogens with one attached hydrogen (secondary N) is 2. The Kier molecular flexibility index (Phi) is 3.60. The van der Waals surface area contributed by atoms with Gasteiger partial charge in [0.25, 0.3) is 10.2 Å². The summed E-state index contributed by atoms with van der Waals surface area (Å²) in [7, 11) is -3.22. The van der Waals surface area contributed by atoms with Crippen LogP contribution in [-0.4, -0.2) is 44.9 Å². The molecule has 0 aromatic carbocycles. The van der Waals surface area contributed by atoms with Gasteiger partial charge in [0.2, 0.25) is 0 Å². The van der Waals surface area contributed by atoms with Crippen LogP contribution in [0.5, 0.6) is 0 Å². The molecule has 1 atom stereocenters. The maximum atomic E-state index is 11.9. The van der Waals surface area contributed by atoms with Crippen LogP contribution in [0.4, 0.5) is 0 Å². The molecule has 0 spiro atoms. The molecule has 0 radical (unpaired) electrons. The van der Waals surface area contributed by atoms with Gasteiger partial charge in [-0.05, 0) is 32.2 Å². The lowest BCUT2D eigenvalue weighted by Gasteiger charge is -2.26. The van der Waals surface area contributed by atoms with Crippen molar-refractivity contribution in [2.75, 3.05) is 26.2 Å². The van der Waals surface area contributed by atoms with Crippen molar-refractivity contribution >= 4 is 10.2 Å². The molecular formula is C9H19N3O2S. The van der Waals surface area contributed by atoms with Gasteiger partial charge in [0.1, 0.15) is 0 Å². The van der Waals surface area contributed by atoms with E-state index in [1.165, 1.54) is 0 Å². The smallest absolute Gasteiger partial charge is 0.279 e. The predicted molar refractivity (Wildman–Crippen MR) is 58.8 cm³/mol. The average Bonchev–Trinajstić information content (AvgIpc) is 2.71. The molecule has 2 aliphatic rings. The second-order valence-electron chi connectivity index (χ2n) is 4.27. The Hall–Kier alpha value is -0.170. The van der Waals surface area contributed by atoms with Crippen LogP contribution in [0.3, 0.4) is 0 Å². The number of piperidine rings is 1. The lowest BCUT2D eigenvalue weighted by atomic mass is 10.1. The number of nitrogens with zero attached hydrogens (tertiary/aromatic N) is 1. The van der Waals surface area contributed by atoms with E-state index in [0.29, 0.717) is 13.1 Å². The molecule has 2 aliphatic heterocycles. The van der Waals surface area contributed by atoms with E-state index in [0.717, 1.165) is 38.8 Å². The minimum atomic E-state index is -3.22. The van der Waals surface area contributed by atoms with E-state index >= 15 is 0 Å². The maximum absolute atomic E-state index is 11.9. The summed E-state index contributed by atoms with van der Waals surface area (Å²) in [5.41, 5.74) is 0. The monoisotopic (exact) mass is 233 g/mol. The first-order valence-corrected chi connectivity index (χ1v) is 7.10. The highest BCUT2D eigenvalue weighted by Crippen LogP contribution is 2.13. The molecule has 2 N–H and O–H groups in total. The fourth-order valence-electron chi connectivity index (χ4n) is 2.17. The average molecular weight is 233 g/mol. The quantitative estimate of drug-likeness (QED) is 0.701. The third-order valence-corrected chi connectivity index (χ3v) is 4.69. The maximum Gasteiger partial charge on any atom is 0.279 e. The van der Waals surface area contributed by atoms with Gasteiger partial charge >= 0.3 is 0 Å². The van der Waals surface area contributed by atoms with Gasteiger partial charge in [-0.2, -0.15) is 17.4 Å². The van der Waals surface area contributed by atoms with Crippen molar-refractivity contribution in [3.8, 4) is 0 Å². The van der Waals surface area contributed by atoms with Crippen LogP contribution in [0.1, 0.15) is 25.7 Å². The molecule has 0 bridgehead atoms. The summed E-state index contributed by atoms with van der Waals surface area (Å²) in [5, 5.41) is 3.20. The highest BCUT2D eigenvalue weighted by molar-refractivity contribution is 7.87. The van der Waals surface area contributed by atoms with Gasteiger partial charge in [-0.25, -0.2) is 0 Å². The van der Waals surface area contributed by atoms with Crippen molar-refractivity contribution in [3.63, 3.8) is 0 Å². The zero-order chi connectivity index (χ0) is 10.7. The van der Waals surface area contributed by atoms with Crippen LogP contribution < -0.4 is 10.0 Å². The molecule has 1 unspecified atom stereocenters. The van der Waals surface area contributed by atoms with Crippen LogP contribution in [-0.2, 0) is 10.2 Å². The van der Waals surface area contributed by atoms with Crippen LogP contribution in [0, 0.1) is 0 Å². The van der Waals surface area contributed by atoms with Crippen molar-refractivity contribution in [1.82, 2.24) is 14.3 Å². The van der Waals surface area contributed by atoms with Crippen molar-refractivity contribution in [2.45, 2.75) is 31.7 Å². The van der Waals surface area contributed by atoms with Crippen molar-refractivity contribution < 1.29 is 8.42 Å². The molecule has 2 saturated heterocycles. The highest BCUT2D eigenvalue weighted by Gasteiger charge is 2.28. The first-order valence-electron chi connectivity index (χ1n) is 5.66. The topological polar surface area (TPSA) is 61.4 Å². The largest absolute Gasteiger partial charge is 0.315 e. The van der Waals surface area contributed by atoms with Gasteiger partial charge < -0.3 is 5.32 Å². The summed E-state index contributed by atoms with van der Waals surface area (Å²) in [6.45, 7) is 3.11. The minimum Gasteiger partial charge on any atom is -0.315 e. The Morgan fingerprint density at radius 1 is 1.20 bits per heavy atom. The molecule has 0 aromatic heterocycles. The van der Waals surface area contributed by atoms with E-state index in [-0.39, 0.29) is 6.04 Å². The zero-order valence-corrected chi connectivity index (χ0v) is 9.72. The van der Waals surface area contributed by atoms with Crippen molar-refractivity contribution in [1.29, 1.82) is 0 Å². The SMILES string of the molecule is O=S(=O)(NC1CCCNC1)N1CCCC1. The van der Waals surface area contributed by atoms with Gasteiger partial charge in [0.05, 0.1) is 0 Å². The molecule has 0 amide bonds. The number of rotatable bonds is 3. The van der Waals surface area contributed by atoms with E-state index in [1.807, 2.05) is 0 Å². The Morgan fingerprint density at radius 2 is 1.93 bits per heavy atom. The Labute approximate surface area is 91.4 Å². The molecule has 88 valence electrons. The molecule has 2 heterocycles. The Morgan fingerprint density at radius 3 is 2.53 bits per heavy atom. The van der Waals surface area contributed by atoms with Crippen LogP contribution in [0.15, 0.2) is 0 Å². The van der Waals surface area contributed by atoms with Crippen LogP contribution >= 0.6 is 0 Å². The van der Waals surface area contributed by atoms with Crippen molar-refractivity contribution in [3.05, 3.63) is 0 Å². The second kappa shape index (κ2) is 4.78. The molecule has 0 aliphatic carbocycles. The predicted octanol–water partition coefficient (Wildman–Crippen LogP) is -0.331. The van der Waals surface area contributed by atoms with Gasteiger partial charge in [-0.15, -0.1) is 0 Å². The standard InChI is InChI=1S/C9H19N3O2S/c13-15(14,12-6-1-2-7-12)11-9-4-3-5-10-8-9/h9-11H,1-8H2. The van der Waals surface area contributed by atoms with E-state index in [1.54, 1.807) is 4.31 Å². The fourth-order valence-corrected chi connectivity index (χ4v) is 3.68.